The molecular formula is C18H14N2O2. The molecule has 22 heavy (non-hydrogen) atoms. The second-order valence-corrected chi connectivity index (χ2v) is 5.79. The van der Waals surface area contributed by atoms with Crippen molar-refractivity contribution < 1.29 is 9.21 Å². The molecule has 4 heteroatoms. The van der Waals surface area contributed by atoms with Crippen molar-refractivity contribution in [1.29, 1.82) is 0 Å². The monoisotopic (exact) mass is 290 g/mol. The maximum atomic E-state index is 12.8. The van der Waals surface area contributed by atoms with Gasteiger partial charge in [0.2, 0.25) is 0 Å². The van der Waals surface area contributed by atoms with E-state index in [2.05, 4.69) is 5.32 Å². The smallest absolute Gasteiger partial charge is 0.256 e. The number of rotatable bonds is 1. The highest BCUT2D eigenvalue weighted by Gasteiger charge is 2.54. The van der Waals surface area contributed by atoms with Gasteiger partial charge in [-0.1, -0.05) is 36.4 Å². The molecule has 108 valence electrons. The standard InChI is InChI=1S/C18H14N2O2/c21-17-13-6-1-3-7-14(13)18(19-9-10-20(17)18)15-11-22-16-8-4-2-5-12(15)16/h1-8,11,19H,9-10H2. The Morgan fingerprint density at radius 1 is 1.05 bits per heavy atom. The van der Waals surface area contributed by atoms with Crippen LogP contribution >= 0.6 is 0 Å². The minimum Gasteiger partial charge on any atom is -0.464 e. The van der Waals surface area contributed by atoms with E-state index in [4.69, 9.17) is 4.42 Å². The number of benzene rings is 2. The molecule has 1 aromatic heterocycles. The Morgan fingerprint density at radius 3 is 2.82 bits per heavy atom. The van der Waals surface area contributed by atoms with Crippen LogP contribution in [0.1, 0.15) is 21.5 Å². The zero-order valence-corrected chi connectivity index (χ0v) is 11.9. The topological polar surface area (TPSA) is 45.5 Å². The summed E-state index contributed by atoms with van der Waals surface area (Å²) in [5.41, 5.74) is 3.06. The quantitative estimate of drug-likeness (QED) is 0.749. The molecule has 4 nitrogen and oxygen atoms in total. The molecular weight excluding hydrogens is 276 g/mol. The Kier molecular flexibility index (Phi) is 2.18. The zero-order valence-electron chi connectivity index (χ0n) is 11.9. The van der Waals surface area contributed by atoms with Crippen molar-refractivity contribution in [1.82, 2.24) is 10.2 Å². The lowest BCUT2D eigenvalue weighted by atomic mass is 9.91. The number of hydrogen-bond acceptors (Lipinski definition) is 3. The van der Waals surface area contributed by atoms with Gasteiger partial charge in [0.05, 0.1) is 6.26 Å². The van der Waals surface area contributed by atoms with E-state index < -0.39 is 5.66 Å². The molecule has 0 aliphatic carbocycles. The second-order valence-electron chi connectivity index (χ2n) is 5.79. The molecule has 0 bridgehead atoms. The first kappa shape index (κ1) is 12.0. The first-order chi connectivity index (χ1) is 10.8. The number of amides is 1. The van der Waals surface area contributed by atoms with Gasteiger partial charge < -0.3 is 9.32 Å². The van der Waals surface area contributed by atoms with Crippen LogP contribution in [0.15, 0.2) is 59.2 Å². The Bertz CT molecular complexity index is 914. The van der Waals surface area contributed by atoms with Crippen molar-refractivity contribution in [3.8, 4) is 0 Å². The number of nitrogens with zero attached hydrogens (tertiary/aromatic N) is 1. The predicted octanol–water partition coefficient (Wildman–Crippen LogP) is 2.69. The maximum absolute atomic E-state index is 12.8. The van der Waals surface area contributed by atoms with Crippen molar-refractivity contribution in [2.45, 2.75) is 5.66 Å². The molecule has 3 heterocycles. The molecule has 1 fully saturated rings. The fraction of sp³-hybridized carbons (Fsp3) is 0.167. The lowest BCUT2D eigenvalue weighted by molar-refractivity contribution is 0.0695. The van der Waals surface area contributed by atoms with E-state index in [9.17, 15) is 4.79 Å². The molecule has 0 spiro atoms. The van der Waals surface area contributed by atoms with Gasteiger partial charge >= 0.3 is 0 Å². The summed E-state index contributed by atoms with van der Waals surface area (Å²) in [6, 6.07) is 15.8. The zero-order chi connectivity index (χ0) is 14.7. The molecule has 1 atom stereocenters. The highest BCUT2D eigenvalue weighted by atomic mass is 16.3. The number of hydrogen-bond donors (Lipinski definition) is 1. The Labute approximate surface area is 127 Å². The van der Waals surface area contributed by atoms with Gasteiger partial charge in [-0.3, -0.25) is 10.1 Å². The Hall–Kier alpha value is -2.59. The van der Waals surface area contributed by atoms with Crippen LogP contribution < -0.4 is 5.32 Å². The van der Waals surface area contributed by atoms with Crippen LogP contribution in [-0.2, 0) is 5.66 Å². The van der Waals surface area contributed by atoms with Gasteiger partial charge in [0, 0.05) is 35.2 Å². The molecule has 1 N–H and O–H groups in total. The Balaban J connectivity index is 1.87. The third-order valence-corrected chi connectivity index (χ3v) is 4.78. The number of para-hydroxylation sites is 1. The first-order valence-corrected chi connectivity index (χ1v) is 7.45. The molecule has 1 amide bonds. The van der Waals surface area contributed by atoms with Gasteiger partial charge in [-0.15, -0.1) is 0 Å². The van der Waals surface area contributed by atoms with Crippen LogP contribution in [0.3, 0.4) is 0 Å². The fourth-order valence-electron chi connectivity index (χ4n) is 3.88. The molecule has 2 aliphatic rings. The largest absolute Gasteiger partial charge is 0.464 e. The first-order valence-electron chi connectivity index (χ1n) is 7.45. The normalized spacial score (nSPS) is 23.1. The van der Waals surface area contributed by atoms with E-state index >= 15 is 0 Å². The Morgan fingerprint density at radius 2 is 1.86 bits per heavy atom. The summed E-state index contributed by atoms with van der Waals surface area (Å²) in [5, 5.41) is 4.61. The maximum Gasteiger partial charge on any atom is 0.256 e. The van der Waals surface area contributed by atoms with Crippen LogP contribution in [0.2, 0.25) is 0 Å². The van der Waals surface area contributed by atoms with Gasteiger partial charge in [-0.25, -0.2) is 0 Å². The van der Waals surface area contributed by atoms with Gasteiger partial charge in [-0.2, -0.15) is 0 Å². The SMILES string of the molecule is O=C1c2ccccc2C2(c3coc4ccccc34)NCCN12. The van der Waals surface area contributed by atoms with E-state index in [1.807, 2.05) is 53.4 Å². The van der Waals surface area contributed by atoms with E-state index in [-0.39, 0.29) is 5.91 Å². The van der Waals surface area contributed by atoms with Crippen LogP contribution in [-0.4, -0.2) is 23.9 Å². The molecule has 1 saturated heterocycles. The molecule has 0 saturated carbocycles. The van der Waals surface area contributed by atoms with Crippen molar-refractivity contribution in [2.24, 2.45) is 0 Å². The molecule has 5 rings (SSSR count). The molecule has 1 unspecified atom stereocenters. The number of carbonyl (C=O) groups is 1. The van der Waals surface area contributed by atoms with Crippen LogP contribution in [0.5, 0.6) is 0 Å². The van der Waals surface area contributed by atoms with E-state index in [1.165, 1.54) is 0 Å². The number of nitrogens with one attached hydrogen (secondary N) is 1. The van der Waals surface area contributed by atoms with Gasteiger partial charge in [0.1, 0.15) is 5.58 Å². The van der Waals surface area contributed by atoms with E-state index in [0.29, 0.717) is 6.54 Å². The number of carbonyl (C=O) groups excluding carboxylic acids is 1. The van der Waals surface area contributed by atoms with Crippen molar-refractivity contribution in [2.75, 3.05) is 13.1 Å². The average molecular weight is 290 g/mol. The van der Waals surface area contributed by atoms with Crippen LogP contribution in [0, 0.1) is 0 Å². The van der Waals surface area contributed by atoms with Crippen molar-refractivity contribution >= 4 is 16.9 Å². The summed E-state index contributed by atoms with van der Waals surface area (Å²) in [6.07, 6.45) is 1.78. The van der Waals surface area contributed by atoms with Crippen LogP contribution in [0.4, 0.5) is 0 Å². The van der Waals surface area contributed by atoms with Crippen molar-refractivity contribution in [3.63, 3.8) is 0 Å². The summed E-state index contributed by atoms with van der Waals surface area (Å²) < 4.78 is 5.74. The lowest BCUT2D eigenvalue weighted by Gasteiger charge is -2.32. The number of fused-ring (bicyclic) bond motifs is 4. The summed E-state index contributed by atoms with van der Waals surface area (Å²) in [7, 11) is 0. The predicted molar refractivity (Wildman–Crippen MR) is 82.5 cm³/mol. The van der Waals surface area contributed by atoms with Gasteiger partial charge in [-0.05, 0) is 12.1 Å². The average Bonchev–Trinajstić information content (AvgIpc) is 3.23. The highest BCUT2D eigenvalue weighted by molar-refractivity contribution is 6.02. The lowest BCUT2D eigenvalue weighted by Crippen LogP contribution is -2.46. The summed E-state index contributed by atoms with van der Waals surface area (Å²) in [6.45, 7) is 1.48. The molecule has 3 aromatic rings. The molecule has 0 radical (unpaired) electrons. The highest BCUT2D eigenvalue weighted by Crippen LogP contribution is 2.46. The summed E-state index contributed by atoms with van der Waals surface area (Å²) >= 11 is 0. The third kappa shape index (κ3) is 1.24. The molecule has 2 aliphatic heterocycles. The summed E-state index contributed by atoms with van der Waals surface area (Å²) in [4.78, 5) is 14.7. The number of furan rings is 1. The minimum atomic E-state index is -0.597. The molecule has 2 aromatic carbocycles. The third-order valence-electron chi connectivity index (χ3n) is 4.78. The van der Waals surface area contributed by atoms with E-state index in [1.54, 1.807) is 6.26 Å². The summed E-state index contributed by atoms with van der Waals surface area (Å²) in [5.74, 6) is 0.0888. The van der Waals surface area contributed by atoms with Crippen molar-refractivity contribution in [3.05, 3.63) is 71.5 Å². The van der Waals surface area contributed by atoms with Gasteiger partial charge in [0.15, 0.2) is 5.66 Å². The fourth-order valence-corrected chi connectivity index (χ4v) is 3.88. The second kappa shape index (κ2) is 3.99. The minimum absolute atomic E-state index is 0.0888. The van der Waals surface area contributed by atoms with Gasteiger partial charge in [0.25, 0.3) is 5.91 Å². The van der Waals surface area contributed by atoms with Crippen LogP contribution in [0.25, 0.3) is 11.0 Å². The van der Waals surface area contributed by atoms with E-state index in [0.717, 1.165) is 34.2 Å².